The fourth-order valence-electron chi connectivity index (χ4n) is 4.13. The molecule has 1 aromatic carbocycles. The Balaban J connectivity index is 1.66. The SMILES string of the molecule is CCCCS(=O)(=O)N1CCC(C(=O)Nc2ccccc2S(=O)(=O)N2CCCCC2)CC1. The summed E-state index contributed by atoms with van der Waals surface area (Å²) < 4.78 is 53.9. The lowest BCUT2D eigenvalue weighted by molar-refractivity contribution is -0.120. The Morgan fingerprint density at radius 3 is 2.26 bits per heavy atom. The van der Waals surface area contributed by atoms with E-state index in [4.69, 9.17) is 0 Å². The minimum absolute atomic E-state index is 0.116. The molecule has 2 heterocycles. The second kappa shape index (κ2) is 10.4. The van der Waals surface area contributed by atoms with Crippen molar-refractivity contribution in [2.75, 3.05) is 37.2 Å². The summed E-state index contributed by atoms with van der Waals surface area (Å²) in [6.45, 7) is 3.58. The van der Waals surface area contributed by atoms with Gasteiger partial charge in [0.1, 0.15) is 4.90 Å². The first kappa shape index (κ1) is 24.2. The summed E-state index contributed by atoms with van der Waals surface area (Å²) in [5, 5.41) is 2.80. The normalized spacial score (nSPS) is 19.9. The zero-order valence-corrected chi connectivity index (χ0v) is 19.8. The fourth-order valence-corrected chi connectivity index (χ4v) is 7.47. The van der Waals surface area contributed by atoms with E-state index in [1.54, 1.807) is 18.2 Å². The van der Waals surface area contributed by atoms with E-state index >= 15 is 0 Å². The van der Waals surface area contributed by atoms with Crippen LogP contribution in [0.25, 0.3) is 0 Å². The van der Waals surface area contributed by atoms with E-state index in [2.05, 4.69) is 5.32 Å². The second-order valence-corrected chi connectivity index (χ2v) is 12.3. The van der Waals surface area contributed by atoms with Crippen molar-refractivity contribution in [1.82, 2.24) is 8.61 Å². The van der Waals surface area contributed by atoms with Crippen molar-refractivity contribution in [3.63, 3.8) is 0 Å². The quantitative estimate of drug-likeness (QED) is 0.628. The molecule has 0 unspecified atom stereocenters. The van der Waals surface area contributed by atoms with Crippen molar-refractivity contribution in [2.45, 2.75) is 56.8 Å². The number of nitrogens with one attached hydrogen (secondary N) is 1. The molecule has 0 atom stereocenters. The van der Waals surface area contributed by atoms with Gasteiger partial charge in [0.25, 0.3) is 0 Å². The molecule has 0 saturated carbocycles. The molecule has 3 rings (SSSR count). The van der Waals surface area contributed by atoms with Gasteiger partial charge in [0.15, 0.2) is 0 Å². The van der Waals surface area contributed by atoms with Crippen molar-refractivity contribution in [3.05, 3.63) is 24.3 Å². The van der Waals surface area contributed by atoms with Crippen LogP contribution in [0.2, 0.25) is 0 Å². The van der Waals surface area contributed by atoms with Crippen molar-refractivity contribution < 1.29 is 21.6 Å². The molecule has 0 aromatic heterocycles. The first-order valence-corrected chi connectivity index (χ1v) is 14.2. The molecule has 10 heteroatoms. The molecule has 2 aliphatic rings. The van der Waals surface area contributed by atoms with Gasteiger partial charge in [-0.1, -0.05) is 31.9 Å². The topological polar surface area (TPSA) is 104 Å². The largest absolute Gasteiger partial charge is 0.325 e. The Labute approximate surface area is 186 Å². The molecule has 2 fully saturated rings. The summed E-state index contributed by atoms with van der Waals surface area (Å²) in [6, 6.07) is 6.50. The van der Waals surface area contributed by atoms with Crippen molar-refractivity contribution >= 4 is 31.6 Å². The van der Waals surface area contributed by atoms with Crippen LogP contribution in [0.15, 0.2) is 29.2 Å². The average Bonchev–Trinajstić information content (AvgIpc) is 2.78. The number of piperidine rings is 2. The number of nitrogens with zero attached hydrogens (tertiary/aromatic N) is 2. The molecular weight excluding hydrogens is 438 g/mol. The number of rotatable bonds is 8. The Bertz CT molecular complexity index is 964. The van der Waals surface area contributed by atoms with E-state index in [0.717, 1.165) is 25.7 Å². The Morgan fingerprint density at radius 2 is 1.61 bits per heavy atom. The predicted molar refractivity (Wildman–Crippen MR) is 121 cm³/mol. The highest BCUT2D eigenvalue weighted by molar-refractivity contribution is 7.89. The lowest BCUT2D eigenvalue weighted by Crippen LogP contribution is -2.42. The Morgan fingerprint density at radius 1 is 0.968 bits per heavy atom. The number of carbonyl (C=O) groups excluding carboxylic acids is 1. The zero-order valence-electron chi connectivity index (χ0n) is 18.1. The highest BCUT2D eigenvalue weighted by Crippen LogP contribution is 2.28. The van der Waals surface area contributed by atoms with Gasteiger partial charge in [0.05, 0.1) is 11.4 Å². The predicted octanol–water partition coefficient (Wildman–Crippen LogP) is 2.64. The third kappa shape index (κ3) is 5.85. The lowest BCUT2D eigenvalue weighted by atomic mass is 9.97. The lowest BCUT2D eigenvalue weighted by Gasteiger charge is -2.31. The zero-order chi connectivity index (χ0) is 22.5. The molecular formula is C21H33N3O5S2. The Kier molecular flexibility index (Phi) is 8.12. The summed E-state index contributed by atoms with van der Waals surface area (Å²) >= 11 is 0. The maximum atomic E-state index is 13.1. The Hall–Kier alpha value is -1.49. The number of hydrogen-bond donors (Lipinski definition) is 1. The van der Waals surface area contributed by atoms with Gasteiger partial charge < -0.3 is 5.32 Å². The molecule has 1 aromatic rings. The van der Waals surface area contributed by atoms with Gasteiger partial charge in [0.2, 0.25) is 26.0 Å². The summed E-state index contributed by atoms with van der Waals surface area (Å²) in [7, 11) is -6.95. The average molecular weight is 472 g/mol. The summed E-state index contributed by atoms with van der Waals surface area (Å²) in [4.78, 5) is 13.0. The van der Waals surface area contributed by atoms with Crippen LogP contribution in [0, 0.1) is 5.92 Å². The number of unbranched alkanes of at least 4 members (excludes halogenated alkanes) is 1. The number of para-hydroxylation sites is 1. The van der Waals surface area contributed by atoms with Crippen LogP contribution in [0.5, 0.6) is 0 Å². The molecule has 0 aliphatic carbocycles. The van der Waals surface area contributed by atoms with E-state index in [0.29, 0.717) is 45.4 Å². The molecule has 0 radical (unpaired) electrons. The molecule has 0 spiro atoms. The number of sulfonamides is 2. The number of hydrogen-bond acceptors (Lipinski definition) is 5. The van der Waals surface area contributed by atoms with Gasteiger partial charge in [0, 0.05) is 32.1 Å². The van der Waals surface area contributed by atoms with Crippen LogP contribution in [-0.2, 0) is 24.8 Å². The van der Waals surface area contributed by atoms with Crippen LogP contribution >= 0.6 is 0 Å². The van der Waals surface area contributed by atoms with E-state index in [9.17, 15) is 21.6 Å². The maximum Gasteiger partial charge on any atom is 0.245 e. The van der Waals surface area contributed by atoms with Crippen LogP contribution < -0.4 is 5.32 Å². The third-order valence-corrected chi connectivity index (χ3v) is 9.97. The molecule has 31 heavy (non-hydrogen) atoms. The van der Waals surface area contributed by atoms with Crippen molar-refractivity contribution in [1.29, 1.82) is 0 Å². The van der Waals surface area contributed by atoms with Gasteiger partial charge >= 0.3 is 0 Å². The first-order valence-electron chi connectivity index (χ1n) is 11.1. The summed E-state index contributed by atoms with van der Waals surface area (Å²) in [5.41, 5.74) is 0.288. The van der Waals surface area contributed by atoms with E-state index in [1.165, 1.54) is 14.7 Å². The van der Waals surface area contributed by atoms with E-state index in [-0.39, 0.29) is 28.2 Å². The standard InChI is InChI=1S/C21H33N3O5S2/c1-2-3-17-30(26,27)23-15-11-18(12-16-23)21(25)22-19-9-5-6-10-20(19)31(28,29)24-13-7-4-8-14-24/h5-6,9-10,18H,2-4,7-8,11-17H2,1H3,(H,22,25). The molecule has 1 N–H and O–H groups in total. The number of amides is 1. The molecule has 0 bridgehead atoms. The van der Waals surface area contributed by atoms with Crippen molar-refractivity contribution in [3.8, 4) is 0 Å². The number of carbonyl (C=O) groups is 1. The number of anilines is 1. The first-order chi connectivity index (χ1) is 14.8. The van der Waals surface area contributed by atoms with Crippen molar-refractivity contribution in [2.24, 2.45) is 5.92 Å². The molecule has 2 saturated heterocycles. The van der Waals surface area contributed by atoms with E-state index < -0.39 is 20.0 Å². The number of benzene rings is 1. The van der Waals surface area contributed by atoms with Crippen LogP contribution in [0.1, 0.15) is 51.9 Å². The molecule has 174 valence electrons. The van der Waals surface area contributed by atoms with Crippen LogP contribution in [0.3, 0.4) is 0 Å². The second-order valence-electron chi connectivity index (χ2n) is 8.29. The molecule has 1 amide bonds. The monoisotopic (exact) mass is 471 g/mol. The van der Waals surface area contributed by atoms with Gasteiger partial charge in [-0.2, -0.15) is 4.31 Å². The van der Waals surface area contributed by atoms with Crippen LogP contribution in [0.4, 0.5) is 5.69 Å². The highest BCUT2D eigenvalue weighted by atomic mass is 32.2. The highest BCUT2D eigenvalue weighted by Gasteiger charge is 2.32. The van der Waals surface area contributed by atoms with Crippen LogP contribution in [-0.4, -0.2) is 63.3 Å². The summed E-state index contributed by atoms with van der Waals surface area (Å²) in [6.07, 6.45) is 5.01. The smallest absolute Gasteiger partial charge is 0.245 e. The fraction of sp³-hybridized carbons (Fsp3) is 0.667. The molecule has 2 aliphatic heterocycles. The third-order valence-electron chi connectivity index (χ3n) is 6.05. The van der Waals surface area contributed by atoms with Gasteiger partial charge in [-0.15, -0.1) is 0 Å². The minimum atomic E-state index is -3.67. The van der Waals surface area contributed by atoms with E-state index in [1.807, 2.05) is 6.92 Å². The molecule has 8 nitrogen and oxygen atoms in total. The van der Waals surface area contributed by atoms with Gasteiger partial charge in [-0.25, -0.2) is 21.1 Å². The minimum Gasteiger partial charge on any atom is -0.325 e. The summed E-state index contributed by atoms with van der Waals surface area (Å²) in [5.74, 6) is -0.461. The van der Waals surface area contributed by atoms with Gasteiger partial charge in [-0.3, -0.25) is 4.79 Å². The van der Waals surface area contributed by atoms with Gasteiger partial charge in [-0.05, 0) is 44.2 Å². The maximum absolute atomic E-state index is 13.1.